The average molecular weight is 425 g/mol. The largest absolute Gasteiger partial charge is 1.00 e. The zero-order chi connectivity index (χ0) is 15.0. The van der Waals surface area contributed by atoms with Crippen LogP contribution in [-0.4, -0.2) is 11.7 Å². The van der Waals surface area contributed by atoms with E-state index in [0.29, 0.717) is 0 Å². The third kappa shape index (κ3) is 3.82. The van der Waals surface area contributed by atoms with Crippen LogP contribution in [0.25, 0.3) is 8.85 Å². The van der Waals surface area contributed by atoms with Gasteiger partial charge in [-0.1, -0.05) is 0 Å². The van der Waals surface area contributed by atoms with E-state index in [1.165, 1.54) is 67.0 Å². The zero-order valence-corrected chi connectivity index (χ0v) is 17.3. The van der Waals surface area contributed by atoms with E-state index in [4.69, 9.17) is 5.11 Å². The second-order valence-corrected chi connectivity index (χ2v) is 7.03. The number of rotatable bonds is 3. The molecule has 0 amide bonds. The minimum atomic E-state index is 0. The molecule has 23 heavy (non-hydrogen) atoms. The van der Waals surface area contributed by atoms with Crippen molar-refractivity contribution >= 4 is 8.85 Å². The maximum Gasteiger partial charge on any atom is -1.00 e. The Morgan fingerprint density at radius 1 is 1.13 bits per heavy atom. The number of aliphatic hydroxyl groups is 1. The molecular formula is C19H19Cl2OZr. The fourth-order valence-corrected chi connectivity index (χ4v) is 4.45. The van der Waals surface area contributed by atoms with Crippen molar-refractivity contribution in [2.45, 2.75) is 26.7 Å². The molecule has 0 atom stereocenters. The van der Waals surface area contributed by atoms with Crippen LogP contribution in [0.2, 0.25) is 0 Å². The van der Waals surface area contributed by atoms with Gasteiger partial charge in [-0.3, -0.25) is 0 Å². The first-order valence-corrected chi connectivity index (χ1v) is 8.60. The van der Waals surface area contributed by atoms with Crippen molar-refractivity contribution < 1.29 is 54.6 Å². The molecule has 2 aliphatic carbocycles. The molecule has 1 N–H and O–H groups in total. The molecule has 0 saturated heterocycles. The van der Waals surface area contributed by atoms with Crippen molar-refractivity contribution in [2.24, 2.45) is 0 Å². The molecule has 0 radical (unpaired) electrons. The standard InChI is InChI=1S/C19H19O.2ClH.Zr/c1-13(2)19-17-6-4-3-5-15(17)12-18(19)16-8-7-14(11-16)9-10-20;;;/h3-7,11,20H,8-10H2,1-2H3;2*1H;/q;;;+2/p-2. The Morgan fingerprint density at radius 2 is 1.78 bits per heavy atom. The first-order valence-electron chi connectivity index (χ1n) is 7.37. The molecule has 0 bridgehead atoms. The molecule has 0 fully saturated rings. The Morgan fingerprint density at radius 3 is 2.39 bits per heavy atom. The van der Waals surface area contributed by atoms with Crippen LogP contribution in [0.5, 0.6) is 0 Å². The fraction of sp³-hybridized carbons (Fsp3) is 0.263. The van der Waals surface area contributed by atoms with Gasteiger partial charge in [0.1, 0.15) is 0 Å². The average Bonchev–Trinajstić information content (AvgIpc) is 3.02. The predicted molar refractivity (Wildman–Crippen MR) is 84.1 cm³/mol. The summed E-state index contributed by atoms with van der Waals surface area (Å²) in [5.74, 6) is 0. The number of hydrogen-bond acceptors (Lipinski definition) is 1. The van der Waals surface area contributed by atoms with Gasteiger partial charge in [-0.15, -0.1) is 0 Å². The monoisotopic (exact) mass is 423 g/mol. The van der Waals surface area contributed by atoms with Crippen LogP contribution < -0.4 is 24.8 Å². The Hall–Kier alpha value is -0.397. The van der Waals surface area contributed by atoms with Gasteiger partial charge in [0, 0.05) is 0 Å². The Labute approximate surface area is 165 Å². The zero-order valence-electron chi connectivity index (χ0n) is 13.3. The summed E-state index contributed by atoms with van der Waals surface area (Å²) in [5.41, 5.74) is 9.71. The third-order valence-electron chi connectivity index (χ3n) is 4.13. The first-order chi connectivity index (χ1) is 10.1. The molecule has 0 spiro atoms. The molecule has 1 aromatic carbocycles. The Kier molecular flexibility index (Phi) is 7.74. The summed E-state index contributed by atoms with van der Waals surface area (Å²) >= 11 is 1.47. The smallest absolute Gasteiger partial charge is 1.00 e. The normalized spacial score (nSPS) is 15.6. The van der Waals surface area contributed by atoms with Crippen molar-refractivity contribution in [1.82, 2.24) is 0 Å². The molecule has 4 heteroatoms. The summed E-state index contributed by atoms with van der Waals surface area (Å²) in [6.07, 6.45) is 6.30. The van der Waals surface area contributed by atoms with Crippen molar-refractivity contribution in [2.75, 3.05) is 6.61 Å². The molecule has 1 aromatic rings. The molecule has 0 unspecified atom stereocenters. The summed E-state index contributed by atoms with van der Waals surface area (Å²) in [5, 5.41) is 9.13. The molecule has 0 aromatic heterocycles. The van der Waals surface area contributed by atoms with Crippen LogP contribution in [0.4, 0.5) is 0 Å². The number of fused-ring (bicyclic) bond motifs is 1. The Bertz CT molecular complexity index is 723. The molecule has 119 valence electrons. The summed E-state index contributed by atoms with van der Waals surface area (Å²) in [6.45, 7) is 4.64. The van der Waals surface area contributed by atoms with Gasteiger partial charge in [0.15, 0.2) is 0 Å². The van der Waals surface area contributed by atoms with Crippen LogP contribution in [-0.2, 0) is 24.7 Å². The molecule has 3 rings (SSSR count). The number of benzene rings is 1. The van der Waals surface area contributed by atoms with Crippen LogP contribution in [0.15, 0.2) is 58.7 Å². The SMILES string of the molecule is CC(C)=C1C(C2=CC(CCO)=CC2)=[C]([Zr+2])c2ccccc21.[Cl-].[Cl-]. The van der Waals surface area contributed by atoms with Crippen molar-refractivity contribution in [1.29, 1.82) is 0 Å². The topological polar surface area (TPSA) is 20.2 Å². The van der Waals surface area contributed by atoms with E-state index >= 15 is 0 Å². The van der Waals surface area contributed by atoms with E-state index in [9.17, 15) is 0 Å². The van der Waals surface area contributed by atoms with Gasteiger partial charge in [0.05, 0.1) is 0 Å². The molecule has 0 aliphatic heterocycles. The van der Waals surface area contributed by atoms with Crippen molar-refractivity contribution in [3.63, 3.8) is 0 Å². The van der Waals surface area contributed by atoms with Crippen molar-refractivity contribution in [3.8, 4) is 0 Å². The molecule has 2 aliphatic rings. The number of hydrogen-bond donors (Lipinski definition) is 1. The van der Waals surface area contributed by atoms with Crippen LogP contribution in [0.3, 0.4) is 0 Å². The molecule has 0 heterocycles. The fourth-order valence-electron chi connectivity index (χ4n) is 3.21. The maximum absolute atomic E-state index is 9.13. The Balaban J connectivity index is 0.00000132. The van der Waals surface area contributed by atoms with E-state index in [1.54, 1.807) is 0 Å². The third-order valence-corrected chi connectivity index (χ3v) is 5.41. The van der Waals surface area contributed by atoms with Crippen LogP contribution >= 0.6 is 0 Å². The van der Waals surface area contributed by atoms with E-state index in [1.807, 2.05) is 0 Å². The number of halogens is 2. The molecule has 0 saturated carbocycles. The minimum Gasteiger partial charge on any atom is -1.00 e. The number of allylic oxidation sites excluding steroid dienone is 6. The predicted octanol–water partition coefficient (Wildman–Crippen LogP) is -1.60. The molecule has 1 nitrogen and oxygen atoms in total. The van der Waals surface area contributed by atoms with Gasteiger partial charge in [-0.25, -0.2) is 0 Å². The summed E-state index contributed by atoms with van der Waals surface area (Å²) in [7, 11) is 0. The van der Waals surface area contributed by atoms with Gasteiger partial charge in [-0.05, 0) is 0 Å². The minimum absolute atomic E-state index is 0. The van der Waals surface area contributed by atoms with Gasteiger partial charge in [0.25, 0.3) is 0 Å². The van der Waals surface area contributed by atoms with E-state index in [-0.39, 0.29) is 31.4 Å². The van der Waals surface area contributed by atoms with Crippen LogP contribution in [0, 0.1) is 0 Å². The van der Waals surface area contributed by atoms with Gasteiger partial charge in [0.2, 0.25) is 0 Å². The van der Waals surface area contributed by atoms with Gasteiger partial charge in [-0.2, -0.15) is 0 Å². The van der Waals surface area contributed by atoms with E-state index in [2.05, 4.69) is 50.3 Å². The second kappa shape index (κ2) is 8.63. The van der Waals surface area contributed by atoms with Gasteiger partial charge < -0.3 is 24.8 Å². The summed E-state index contributed by atoms with van der Waals surface area (Å²) in [6, 6.07) is 8.75. The van der Waals surface area contributed by atoms with E-state index in [0.717, 1.165) is 12.8 Å². The summed E-state index contributed by atoms with van der Waals surface area (Å²) in [4.78, 5) is 0. The van der Waals surface area contributed by atoms with E-state index < -0.39 is 0 Å². The quantitative estimate of drug-likeness (QED) is 0.619. The molecular weight excluding hydrogens is 406 g/mol. The maximum atomic E-state index is 9.13. The van der Waals surface area contributed by atoms with Crippen LogP contribution in [0.1, 0.15) is 37.8 Å². The first kappa shape index (κ1) is 20.6. The van der Waals surface area contributed by atoms with Gasteiger partial charge >= 0.3 is 142 Å². The summed E-state index contributed by atoms with van der Waals surface area (Å²) < 4.78 is 1.47. The van der Waals surface area contributed by atoms with Crippen molar-refractivity contribution in [3.05, 3.63) is 69.8 Å². The second-order valence-electron chi connectivity index (χ2n) is 5.80. The number of aliphatic hydroxyl groups excluding tert-OH is 1.